The van der Waals surface area contributed by atoms with Gasteiger partial charge in [0.05, 0.1) is 9.79 Å². The maximum Gasteiger partial charge on any atom is 0.253 e. The van der Waals surface area contributed by atoms with Crippen LogP contribution >= 0.6 is 11.6 Å². The second kappa shape index (κ2) is 11.1. The normalized spacial score (nSPS) is 11.4. The molecule has 2 aromatic carbocycles. The van der Waals surface area contributed by atoms with E-state index in [4.69, 9.17) is 11.6 Å². The molecule has 0 aliphatic heterocycles. The smallest absolute Gasteiger partial charge is 0.253 e. The molecule has 0 spiro atoms. The van der Waals surface area contributed by atoms with Crippen molar-refractivity contribution < 1.29 is 18.0 Å². The van der Waals surface area contributed by atoms with Crippen molar-refractivity contribution in [2.45, 2.75) is 23.6 Å². The van der Waals surface area contributed by atoms with Crippen molar-refractivity contribution in [1.82, 2.24) is 9.88 Å². The minimum Gasteiger partial charge on any atom is -0.339 e. The lowest BCUT2D eigenvalue weighted by Gasteiger charge is -2.19. The van der Waals surface area contributed by atoms with Crippen molar-refractivity contribution in [3.8, 4) is 0 Å². The highest BCUT2D eigenvalue weighted by atomic mass is 35.5. The zero-order valence-corrected chi connectivity index (χ0v) is 20.3. The van der Waals surface area contributed by atoms with Gasteiger partial charge in [-0.1, -0.05) is 17.7 Å². The minimum atomic E-state index is -3.94. The van der Waals surface area contributed by atoms with Gasteiger partial charge in [-0.25, -0.2) is 8.42 Å². The molecule has 7 nitrogen and oxygen atoms in total. The molecule has 0 atom stereocenters. The molecule has 3 aromatic rings. The zero-order valence-electron chi connectivity index (χ0n) is 18.7. The van der Waals surface area contributed by atoms with E-state index < -0.39 is 9.84 Å². The van der Waals surface area contributed by atoms with Crippen LogP contribution in [0.3, 0.4) is 0 Å². The van der Waals surface area contributed by atoms with E-state index in [1.807, 2.05) is 19.9 Å². The molecule has 9 heteroatoms. The number of carbonyl (C=O) groups is 2. The molecule has 176 valence electrons. The maximum atomic E-state index is 13.2. The Morgan fingerprint density at radius 1 is 1.03 bits per heavy atom. The third-order valence-corrected chi connectivity index (χ3v) is 6.99. The van der Waals surface area contributed by atoms with Crippen LogP contribution in [0.5, 0.6) is 0 Å². The molecule has 2 amide bonds. The van der Waals surface area contributed by atoms with E-state index in [0.717, 1.165) is 5.56 Å². The topological polar surface area (TPSA) is 96.4 Å². The van der Waals surface area contributed by atoms with Gasteiger partial charge in [-0.2, -0.15) is 0 Å². The van der Waals surface area contributed by atoms with E-state index in [0.29, 0.717) is 18.8 Å². The summed E-state index contributed by atoms with van der Waals surface area (Å²) in [6, 6.07) is 13.5. The number of anilines is 1. The second-order valence-electron chi connectivity index (χ2n) is 7.29. The molecule has 0 aliphatic rings. The average molecular weight is 498 g/mol. The van der Waals surface area contributed by atoms with Crippen LogP contribution in [-0.2, 0) is 14.6 Å². The van der Waals surface area contributed by atoms with Crippen molar-refractivity contribution in [2.75, 3.05) is 18.4 Å². The number of rotatable bonds is 8. The Morgan fingerprint density at radius 3 is 2.35 bits per heavy atom. The lowest BCUT2D eigenvalue weighted by Crippen LogP contribution is -2.30. The summed E-state index contributed by atoms with van der Waals surface area (Å²) in [7, 11) is -3.94. The monoisotopic (exact) mass is 497 g/mol. The van der Waals surface area contributed by atoms with Gasteiger partial charge >= 0.3 is 0 Å². The Labute approximate surface area is 204 Å². The van der Waals surface area contributed by atoms with Gasteiger partial charge in [-0.15, -0.1) is 0 Å². The minimum absolute atomic E-state index is 0.0138. The third-order valence-electron chi connectivity index (χ3n) is 5.02. The number of hydrogen-bond donors (Lipinski definition) is 1. The van der Waals surface area contributed by atoms with E-state index in [1.165, 1.54) is 48.5 Å². The molecule has 0 saturated carbocycles. The van der Waals surface area contributed by atoms with Gasteiger partial charge in [-0.05, 0) is 74.0 Å². The van der Waals surface area contributed by atoms with Crippen LogP contribution in [0.15, 0.2) is 82.9 Å². The first-order chi connectivity index (χ1) is 16.2. The van der Waals surface area contributed by atoms with Crippen LogP contribution in [0, 0.1) is 0 Å². The first-order valence-electron chi connectivity index (χ1n) is 10.6. The number of benzene rings is 2. The molecule has 34 heavy (non-hydrogen) atoms. The summed E-state index contributed by atoms with van der Waals surface area (Å²) in [5.74, 6) is -0.657. The number of sulfone groups is 1. The number of pyridine rings is 1. The summed E-state index contributed by atoms with van der Waals surface area (Å²) in [5.41, 5.74) is 1.42. The van der Waals surface area contributed by atoms with Gasteiger partial charge in [0.25, 0.3) is 5.91 Å². The van der Waals surface area contributed by atoms with E-state index >= 15 is 0 Å². The second-order valence-corrected chi connectivity index (χ2v) is 9.68. The van der Waals surface area contributed by atoms with Gasteiger partial charge < -0.3 is 10.2 Å². The molecule has 1 aromatic heterocycles. The number of amides is 2. The SMILES string of the molecule is CCN(CC)C(=O)c1cc(Cl)cc(S(=O)(=O)c2ccc(NC(=O)C=Cc3cccnc3)cc2)c1. The number of nitrogens with zero attached hydrogens (tertiary/aromatic N) is 2. The zero-order chi connectivity index (χ0) is 24.7. The van der Waals surface area contributed by atoms with Crippen LogP contribution in [-0.4, -0.2) is 43.2 Å². The maximum absolute atomic E-state index is 13.2. The lowest BCUT2D eigenvalue weighted by molar-refractivity contribution is -0.111. The van der Waals surface area contributed by atoms with Crippen molar-refractivity contribution >= 4 is 45.0 Å². The van der Waals surface area contributed by atoms with Crippen LogP contribution in [0.2, 0.25) is 5.02 Å². The lowest BCUT2D eigenvalue weighted by atomic mass is 10.2. The molecule has 0 radical (unpaired) electrons. The van der Waals surface area contributed by atoms with Gasteiger partial charge in [0, 0.05) is 47.8 Å². The third kappa shape index (κ3) is 6.09. The van der Waals surface area contributed by atoms with Gasteiger partial charge in [-0.3, -0.25) is 14.6 Å². The molecular formula is C25H24ClN3O4S. The summed E-state index contributed by atoms with van der Waals surface area (Å²) in [6.07, 6.45) is 6.25. The Balaban J connectivity index is 1.79. The Morgan fingerprint density at radius 2 is 1.74 bits per heavy atom. The molecule has 0 fully saturated rings. The quantitative estimate of drug-likeness (QED) is 0.455. The van der Waals surface area contributed by atoms with Gasteiger partial charge in [0.2, 0.25) is 15.7 Å². The van der Waals surface area contributed by atoms with E-state index in [9.17, 15) is 18.0 Å². The largest absolute Gasteiger partial charge is 0.339 e. The molecular weight excluding hydrogens is 474 g/mol. The van der Waals surface area contributed by atoms with Crippen molar-refractivity contribution in [3.05, 3.63) is 89.2 Å². The van der Waals surface area contributed by atoms with Gasteiger partial charge in [0.1, 0.15) is 0 Å². The summed E-state index contributed by atoms with van der Waals surface area (Å²) < 4.78 is 26.3. The predicted molar refractivity (Wildman–Crippen MR) is 132 cm³/mol. The molecule has 0 saturated heterocycles. The summed E-state index contributed by atoms with van der Waals surface area (Å²) >= 11 is 6.14. The number of hydrogen-bond acceptors (Lipinski definition) is 5. The fraction of sp³-hybridized carbons (Fsp3) is 0.160. The number of aromatic nitrogens is 1. The molecule has 3 rings (SSSR count). The fourth-order valence-corrected chi connectivity index (χ4v) is 4.85. The van der Waals surface area contributed by atoms with Gasteiger partial charge in [0.15, 0.2) is 0 Å². The van der Waals surface area contributed by atoms with E-state index in [-0.39, 0.29) is 32.2 Å². The van der Waals surface area contributed by atoms with Crippen LogP contribution in [0.25, 0.3) is 6.08 Å². The number of nitrogens with one attached hydrogen (secondary N) is 1. The van der Waals surface area contributed by atoms with Crippen LogP contribution in [0.1, 0.15) is 29.8 Å². The summed E-state index contributed by atoms with van der Waals surface area (Å²) in [6.45, 7) is 4.68. The van der Waals surface area contributed by atoms with Crippen molar-refractivity contribution in [3.63, 3.8) is 0 Å². The fourth-order valence-electron chi connectivity index (χ4n) is 3.22. The Hall–Kier alpha value is -3.49. The molecule has 1 N–H and O–H groups in total. The Bertz CT molecular complexity index is 1300. The highest BCUT2D eigenvalue weighted by molar-refractivity contribution is 7.91. The summed E-state index contributed by atoms with van der Waals surface area (Å²) in [4.78, 5) is 30.3. The van der Waals surface area contributed by atoms with Crippen LogP contribution in [0.4, 0.5) is 5.69 Å². The van der Waals surface area contributed by atoms with Crippen molar-refractivity contribution in [2.24, 2.45) is 0 Å². The first-order valence-corrected chi connectivity index (χ1v) is 12.4. The highest BCUT2D eigenvalue weighted by Gasteiger charge is 2.22. The van der Waals surface area contributed by atoms with Crippen molar-refractivity contribution in [1.29, 1.82) is 0 Å². The standard InChI is InChI=1S/C25H24ClN3O4S/c1-3-29(4-2)25(31)19-14-20(26)16-23(15-19)34(32,33)22-10-8-21(9-11-22)28-24(30)12-7-18-6-5-13-27-17-18/h5-17H,3-4H2,1-2H3,(H,28,30). The van der Waals surface area contributed by atoms with Crippen LogP contribution < -0.4 is 5.32 Å². The molecule has 0 bridgehead atoms. The molecule has 0 aliphatic carbocycles. The highest BCUT2D eigenvalue weighted by Crippen LogP contribution is 2.27. The average Bonchev–Trinajstić information content (AvgIpc) is 2.84. The number of carbonyl (C=O) groups excluding carboxylic acids is 2. The van der Waals surface area contributed by atoms with E-state index in [1.54, 1.807) is 29.4 Å². The predicted octanol–water partition coefficient (Wildman–Crippen LogP) is 4.70. The Kier molecular flexibility index (Phi) is 8.20. The summed E-state index contributed by atoms with van der Waals surface area (Å²) in [5, 5.41) is 2.83. The number of halogens is 1. The van der Waals surface area contributed by atoms with E-state index in [2.05, 4.69) is 10.3 Å². The first kappa shape index (κ1) is 25.1. The molecule has 1 heterocycles. The molecule has 0 unspecified atom stereocenters.